The highest BCUT2D eigenvalue weighted by Gasteiger charge is 2.42. The largest absolute Gasteiger partial charge is 0.508 e. The molecule has 0 unspecified atom stereocenters. The topological polar surface area (TPSA) is 520 Å². The number of aromatic nitrogens is 1. The zero-order valence-electron chi connectivity index (χ0n) is 65.6. The van der Waals surface area contributed by atoms with Gasteiger partial charge in [-0.3, -0.25) is 57.7 Å². The average Bonchev–Trinajstić information content (AvgIpc) is 1.53. The van der Waals surface area contributed by atoms with Crippen molar-refractivity contribution in [2.24, 2.45) is 17.4 Å². The van der Waals surface area contributed by atoms with Crippen molar-refractivity contribution in [2.75, 3.05) is 26.2 Å². The van der Waals surface area contributed by atoms with Gasteiger partial charge in [0.15, 0.2) is 0 Å². The molecule has 33 nitrogen and oxygen atoms in total. The maximum atomic E-state index is 15.0. The molecule has 646 valence electrons. The van der Waals surface area contributed by atoms with E-state index in [-0.39, 0.29) is 95.0 Å². The van der Waals surface area contributed by atoms with Crippen molar-refractivity contribution in [2.45, 2.75) is 204 Å². The van der Waals surface area contributed by atoms with Crippen molar-refractivity contribution in [1.29, 1.82) is 0 Å². The summed E-state index contributed by atoms with van der Waals surface area (Å²) in [6.45, 7) is 10.1. The molecule has 0 radical (unpaired) electrons. The maximum absolute atomic E-state index is 15.0. The summed E-state index contributed by atoms with van der Waals surface area (Å²) in [6.07, 6.45) is -5.58. The normalized spacial score (nSPS) is 14.8. The second-order valence-electron chi connectivity index (χ2n) is 28.5. The van der Waals surface area contributed by atoms with E-state index < -0.39 is 162 Å². The number of nitrogens with zero attached hydrogens (tertiary/aromatic N) is 2. The molecule has 19 N–H and O–H groups in total. The van der Waals surface area contributed by atoms with Gasteiger partial charge in [-0.25, -0.2) is 14.4 Å². The van der Waals surface area contributed by atoms with Crippen LogP contribution in [0, 0.1) is 5.92 Å². The number of hydrogen-bond acceptors (Lipinski definition) is 18. The van der Waals surface area contributed by atoms with Gasteiger partial charge in [-0.2, -0.15) is 26.3 Å². The fourth-order valence-electron chi connectivity index (χ4n) is 11.9. The van der Waals surface area contributed by atoms with E-state index in [1.807, 2.05) is 56.3 Å². The highest BCUT2D eigenvalue weighted by atomic mass is 35.5. The van der Waals surface area contributed by atoms with Gasteiger partial charge in [0.05, 0.1) is 6.61 Å². The monoisotopic (exact) mass is 1690 g/mol. The van der Waals surface area contributed by atoms with Crippen LogP contribution in [-0.2, 0) is 88.0 Å². The molecule has 1 aliphatic rings. The van der Waals surface area contributed by atoms with Gasteiger partial charge in [-0.1, -0.05) is 112 Å². The SMILES string of the molecule is CC(=O)N[C@H](Cc1ccc2ccccc2c1)C(=O)N[C@H](Cc1ccc(Cl)cc1)C(=O)N[C@H](Cc1cccnc1)C(=O)N[C@@H](CO)C(=O)N[C@@H](Cc1ccc(O)cc1)C(=O)N[C@H](CCCCNC(N)=O)C(=O)N[C@@H](CC(C)C)C(=O)N[C@@H](CCCCNC(C)C)C(=O)N1CCC[C@H]1C(=O)N[C@H](C)C(N)=O.O=C(O)C(F)(F)F.O=C(O)C(F)(F)F. The number of nitrogens with two attached hydrogens (primary N) is 2. The lowest BCUT2D eigenvalue weighted by Crippen LogP contribution is -2.61. The average molecular weight is 1690 g/mol. The van der Waals surface area contributed by atoms with Crippen molar-refractivity contribution >= 4 is 105 Å². The number of rotatable bonds is 41. The second kappa shape index (κ2) is 48.7. The third-order valence-corrected chi connectivity index (χ3v) is 18.2. The van der Waals surface area contributed by atoms with Crippen LogP contribution in [0.15, 0.2) is 116 Å². The number of carbonyl (C=O) groups is 14. The molecule has 1 aliphatic heterocycles. The Bertz CT molecular complexity index is 4190. The number of aliphatic hydroxyl groups excluding tert-OH is 1. The van der Waals surface area contributed by atoms with Crippen molar-refractivity contribution in [3.05, 3.63) is 143 Å². The van der Waals surface area contributed by atoms with Crippen LogP contribution in [0.1, 0.15) is 122 Å². The molecule has 13 amide bonds. The number of urea groups is 1. The zero-order valence-corrected chi connectivity index (χ0v) is 66.4. The minimum absolute atomic E-state index is 0.0327. The lowest BCUT2D eigenvalue weighted by molar-refractivity contribution is -0.193. The highest BCUT2D eigenvalue weighted by molar-refractivity contribution is 6.30. The number of nitrogens with one attached hydrogen (secondary N) is 11. The van der Waals surface area contributed by atoms with E-state index in [1.165, 1.54) is 55.4 Å². The van der Waals surface area contributed by atoms with E-state index in [0.29, 0.717) is 53.1 Å². The number of amides is 13. The smallest absolute Gasteiger partial charge is 0.490 e. The Morgan fingerprint density at radius 1 is 0.525 bits per heavy atom. The van der Waals surface area contributed by atoms with Crippen molar-refractivity contribution in [1.82, 2.24) is 68.4 Å². The van der Waals surface area contributed by atoms with E-state index in [0.717, 1.165) is 10.8 Å². The molecule has 0 saturated carbocycles. The van der Waals surface area contributed by atoms with Crippen LogP contribution in [0.4, 0.5) is 31.1 Å². The lowest BCUT2D eigenvalue weighted by Gasteiger charge is -2.31. The number of aliphatic hydroxyl groups is 1. The molecule has 1 saturated heterocycles. The van der Waals surface area contributed by atoms with Crippen LogP contribution in [0.3, 0.4) is 0 Å². The van der Waals surface area contributed by atoms with E-state index in [1.54, 1.807) is 50.2 Å². The van der Waals surface area contributed by atoms with E-state index >= 15 is 0 Å². The molecular formula is C78H102ClF6N15O18. The molecule has 1 fully saturated rings. The third-order valence-electron chi connectivity index (χ3n) is 17.9. The molecule has 2 heterocycles. The summed E-state index contributed by atoms with van der Waals surface area (Å²) >= 11 is 6.24. The van der Waals surface area contributed by atoms with Gasteiger partial charge in [0.2, 0.25) is 65.0 Å². The molecular weight excluding hydrogens is 1580 g/mol. The lowest BCUT2D eigenvalue weighted by atomic mass is 9.99. The predicted octanol–water partition coefficient (Wildman–Crippen LogP) is 3.06. The molecule has 0 bridgehead atoms. The quantitative estimate of drug-likeness (QED) is 0.0197. The number of hydrogen-bond donors (Lipinski definition) is 17. The van der Waals surface area contributed by atoms with Crippen LogP contribution in [0.2, 0.25) is 5.02 Å². The number of carbonyl (C=O) groups excluding carboxylic acids is 12. The van der Waals surface area contributed by atoms with E-state index in [4.69, 9.17) is 42.9 Å². The van der Waals surface area contributed by atoms with E-state index in [2.05, 4.69) is 63.5 Å². The fraction of sp³-hybridized carbons (Fsp3) is 0.474. The molecule has 10 atom stereocenters. The number of phenolic OH excluding ortho intramolecular Hbond substituents is 1. The van der Waals surface area contributed by atoms with Gasteiger partial charge in [-0.15, -0.1) is 0 Å². The minimum Gasteiger partial charge on any atom is -0.508 e. The first kappa shape index (κ1) is 98.6. The molecule has 4 aromatic carbocycles. The van der Waals surface area contributed by atoms with Crippen molar-refractivity contribution in [3.63, 3.8) is 0 Å². The Labute approximate surface area is 680 Å². The standard InChI is InChI=1S/C74H100ClN15O14.2C2HF3O2/c1-43(2)35-57(66(96)84-56(19-10-11-32-79-44(3)4)73(103)90-34-14-20-63(90)72(102)81-45(5)64(76)94)85-65(95)55(18-9-12-33-80-74(77)104)83-68(98)59(38-48-24-29-54(93)30-25-48)88-71(101)62(42-91)89-70(100)61(40-50-15-13-31-78-41-50)87-69(99)60(37-47-22-27-53(75)28-23-47)86-67(97)58(82-46(6)92)39-49-21-26-51-16-7-8-17-52(51)36-49;2*3-2(4,5)1(6)7/h7-8,13,15-17,21-31,36,41,43-45,55-63,79,91,93H,9-12,14,18-20,32-35,37-40,42H2,1-6H3,(H2,76,94)(H,81,102)(H,82,92)(H,83,98)(H,84,96)(H,85,95)(H,86,97)(H,87,99)(H,88,101)(H,89,100)(H3,77,80,104);2*(H,6,7)/t45-,55-,56+,57+,58-,59+,60-,61-,62+,63+;;/m1../s1. The first-order valence-corrected chi connectivity index (χ1v) is 38.0. The summed E-state index contributed by atoms with van der Waals surface area (Å²) in [5.74, 6) is -14.6. The van der Waals surface area contributed by atoms with Crippen LogP contribution in [0.5, 0.6) is 5.75 Å². The summed E-state index contributed by atoms with van der Waals surface area (Å²) < 4.78 is 63.5. The number of aliphatic carboxylic acids is 2. The first-order chi connectivity index (χ1) is 55.4. The Hall–Kier alpha value is -11.7. The van der Waals surface area contributed by atoms with Crippen LogP contribution in [-0.4, -0.2) is 218 Å². The number of benzene rings is 4. The molecule has 1 aromatic heterocycles. The number of likely N-dealkylation sites (tertiary alicyclic amines) is 1. The van der Waals surface area contributed by atoms with Gasteiger partial charge in [0.25, 0.3) is 0 Å². The van der Waals surface area contributed by atoms with Gasteiger partial charge in [-0.05, 0) is 141 Å². The van der Waals surface area contributed by atoms with Crippen LogP contribution < -0.4 is 70.0 Å². The third kappa shape index (κ3) is 35.8. The maximum Gasteiger partial charge on any atom is 0.490 e. The Morgan fingerprint density at radius 3 is 1.46 bits per heavy atom. The Balaban J connectivity index is 0.00000191. The number of aromatic hydroxyl groups is 1. The number of carboxylic acid groups (broad SMARTS) is 2. The number of halogens is 7. The van der Waals surface area contributed by atoms with Gasteiger partial charge >= 0.3 is 30.3 Å². The van der Waals surface area contributed by atoms with Gasteiger partial charge in [0.1, 0.15) is 66.2 Å². The second-order valence-corrected chi connectivity index (χ2v) is 28.9. The summed E-state index contributed by atoms with van der Waals surface area (Å²) in [6, 6.07) is 14.4. The van der Waals surface area contributed by atoms with Gasteiger partial charge in [0, 0.05) is 69.2 Å². The van der Waals surface area contributed by atoms with Crippen molar-refractivity contribution < 1.29 is 114 Å². The molecule has 6 rings (SSSR count). The van der Waals surface area contributed by atoms with Crippen molar-refractivity contribution in [3.8, 4) is 5.75 Å². The number of phenols is 1. The first-order valence-electron chi connectivity index (χ1n) is 37.6. The molecule has 40 heteroatoms. The molecule has 0 aliphatic carbocycles. The Morgan fingerprint density at radius 2 is 0.966 bits per heavy atom. The number of unbranched alkanes of at least 4 members (excludes halogenated alkanes) is 2. The van der Waals surface area contributed by atoms with Crippen LogP contribution in [0.25, 0.3) is 10.8 Å². The minimum atomic E-state index is -5.08. The summed E-state index contributed by atoms with van der Waals surface area (Å²) in [5, 5.41) is 67.7. The number of fused-ring (bicyclic) bond motifs is 1. The number of pyridine rings is 1. The van der Waals surface area contributed by atoms with Crippen LogP contribution >= 0.6 is 11.6 Å². The fourth-order valence-corrected chi connectivity index (χ4v) is 12.1. The molecule has 118 heavy (non-hydrogen) atoms. The summed E-state index contributed by atoms with van der Waals surface area (Å²) in [5.41, 5.74) is 12.8. The van der Waals surface area contributed by atoms with E-state index in [9.17, 15) is 94.1 Å². The predicted molar refractivity (Wildman–Crippen MR) is 418 cm³/mol. The molecule has 0 spiro atoms. The number of alkyl halides is 6. The Kier molecular flexibility index (Phi) is 40.7. The summed E-state index contributed by atoms with van der Waals surface area (Å²) in [7, 11) is 0. The molecule has 5 aromatic rings. The number of primary amides is 2. The highest BCUT2D eigenvalue weighted by Crippen LogP contribution is 2.23. The number of carboxylic acids is 2. The zero-order chi connectivity index (χ0) is 88.1. The summed E-state index contributed by atoms with van der Waals surface area (Å²) in [4.78, 5) is 191. The van der Waals surface area contributed by atoms with Gasteiger partial charge < -0.3 is 95.3 Å².